The van der Waals surface area contributed by atoms with Crippen LogP contribution >= 0.6 is 0 Å². The Morgan fingerprint density at radius 3 is 2.24 bits per heavy atom. The van der Waals surface area contributed by atoms with Crippen LogP contribution in [0.3, 0.4) is 0 Å². The first-order chi connectivity index (χ1) is 19.8. The van der Waals surface area contributed by atoms with E-state index in [1.54, 1.807) is 64.3 Å². The molecule has 2 atom stereocenters. The molecule has 0 aliphatic carbocycles. The van der Waals surface area contributed by atoms with Gasteiger partial charge in [0.15, 0.2) is 6.61 Å². The fourth-order valence-corrected chi connectivity index (χ4v) is 4.56. The molecular formula is C31H41N3O8. The van der Waals surface area contributed by atoms with E-state index in [0.717, 1.165) is 11.1 Å². The minimum Gasteiger partial charge on any atom is -0.497 e. The SMILES string of the molecule is COC(=O)COc1ccc2c(c1)CN(C(=O)[C@H](CC(C)C)NC(=O)OC(C)(C)C)[C@H](C(=O)Nc1ccc(OC)cc1)C2. The second kappa shape index (κ2) is 14.1. The highest BCUT2D eigenvalue weighted by atomic mass is 16.6. The molecule has 0 saturated heterocycles. The van der Waals surface area contributed by atoms with E-state index in [-0.39, 0.29) is 31.4 Å². The van der Waals surface area contributed by atoms with Gasteiger partial charge in [-0.3, -0.25) is 9.59 Å². The van der Waals surface area contributed by atoms with Crippen LogP contribution in [0, 0.1) is 5.92 Å². The summed E-state index contributed by atoms with van der Waals surface area (Å²) >= 11 is 0. The largest absolute Gasteiger partial charge is 0.497 e. The van der Waals surface area contributed by atoms with Crippen molar-refractivity contribution < 1.29 is 38.1 Å². The second-order valence-electron chi connectivity index (χ2n) is 11.5. The normalized spacial score (nSPS) is 15.2. The van der Waals surface area contributed by atoms with Crippen molar-refractivity contribution in [1.82, 2.24) is 10.2 Å². The number of fused-ring (bicyclic) bond motifs is 1. The third-order valence-corrected chi connectivity index (χ3v) is 6.53. The molecule has 228 valence electrons. The summed E-state index contributed by atoms with van der Waals surface area (Å²) in [4.78, 5) is 53.5. The molecule has 11 heteroatoms. The molecule has 3 rings (SSSR count). The van der Waals surface area contributed by atoms with E-state index in [1.165, 1.54) is 12.0 Å². The van der Waals surface area contributed by atoms with Gasteiger partial charge in [0.25, 0.3) is 0 Å². The molecule has 3 amide bonds. The van der Waals surface area contributed by atoms with Gasteiger partial charge >= 0.3 is 12.1 Å². The van der Waals surface area contributed by atoms with Crippen LogP contribution in [-0.4, -0.2) is 67.3 Å². The number of nitrogens with zero attached hydrogens (tertiary/aromatic N) is 1. The zero-order chi connectivity index (χ0) is 31.0. The van der Waals surface area contributed by atoms with Gasteiger partial charge in [0, 0.05) is 18.7 Å². The number of amides is 3. The number of carbonyl (C=O) groups excluding carboxylic acids is 4. The van der Waals surface area contributed by atoms with Crippen LogP contribution in [-0.2, 0) is 36.8 Å². The van der Waals surface area contributed by atoms with E-state index in [9.17, 15) is 19.2 Å². The molecule has 0 aromatic heterocycles. The summed E-state index contributed by atoms with van der Waals surface area (Å²) in [6.45, 7) is 8.95. The Kier molecular flexibility index (Phi) is 10.8. The first-order valence-corrected chi connectivity index (χ1v) is 13.9. The molecule has 1 heterocycles. The third-order valence-electron chi connectivity index (χ3n) is 6.53. The summed E-state index contributed by atoms with van der Waals surface area (Å²) in [5.74, 6) is -0.160. The molecule has 11 nitrogen and oxygen atoms in total. The Bertz CT molecular complexity index is 1270. The van der Waals surface area contributed by atoms with Crippen molar-refractivity contribution in [3.63, 3.8) is 0 Å². The van der Waals surface area contributed by atoms with Crippen LogP contribution in [0.4, 0.5) is 10.5 Å². The van der Waals surface area contributed by atoms with Crippen molar-refractivity contribution >= 4 is 29.6 Å². The zero-order valence-electron chi connectivity index (χ0n) is 25.3. The van der Waals surface area contributed by atoms with Crippen LogP contribution in [0.5, 0.6) is 11.5 Å². The van der Waals surface area contributed by atoms with Crippen molar-refractivity contribution in [1.29, 1.82) is 0 Å². The van der Waals surface area contributed by atoms with Gasteiger partial charge in [0.05, 0.1) is 14.2 Å². The predicted molar refractivity (Wildman–Crippen MR) is 156 cm³/mol. The standard InChI is InChI=1S/C31H41N3O8/c1-19(2)14-25(33-30(38)42-31(3,4)5)29(37)34-17-21-15-24(41-18-27(35)40-7)11-8-20(21)16-26(34)28(36)32-22-9-12-23(39-6)13-10-22/h8-13,15,19,25-26H,14,16-18H2,1-7H3,(H,32,36)(H,33,38)/t25-,26-/m0/s1. The van der Waals surface area contributed by atoms with Crippen molar-refractivity contribution in [2.75, 3.05) is 26.1 Å². The van der Waals surface area contributed by atoms with E-state index in [2.05, 4.69) is 15.4 Å². The molecule has 0 spiro atoms. The van der Waals surface area contributed by atoms with E-state index in [1.807, 2.05) is 19.9 Å². The van der Waals surface area contributed by atoms with Gasteiger partial charge in [0.2, 0.25) is 11.8 Å². The van der Waals surface area contributed by atoms with Gasteiger partial charge < -0.3 is 34.5 Å². The lowest BCUT2D eigenvalue weighted by Crippen LogP contribution is -2.57. The molecule has 42 heavy (non-hydrogen) atoms. The lowest BCUT2D eigenvalue weighted by Gasteiger charge is -2.38. The second-order valence-corrected chi connectivity index (χ2v) is 11.5. The maximum absolute atomic E-state index is 14.1. The fraction of sp³-hybridized carbons (Fsp3) is 0.484. The van der Waals surface area contributed by atoms with Crippen molar-refractivity contribution in [3.8, 4) is 11.5 Å². The highest BCUT2D eigenvalue weighted by Crippen LogP contribution is 2.29. The maximum atomic E-state index is 14.1. The molecule has 1 aliphatic rings. The van der Waals surface area contributed by atoms with Gasteiger partial charge in [-0.1, -0.05) is 19.9 Å². The molecule has 0 bridgehead atoms. The predicted octanol–water partition coefficient (Wildman–Crippen LogP) is 4.08. The van der Waals surface area contributed by atoms with E-state index < -0.39 is 35.7 Å². The van der Waals surface area contributed by atoms with E-state index >= 15 is 0 Å². The van der Waals surface area contributed by atoms with Crippen LogP contribution in [0.2, 0.25) is 0 Å². The zero-order valence-corrected chi connectivity index (χ0v) is 25.3. The topological polar surface area (TPSA) is 132 Å². The van der Waals surface area contributed by atoms with Crippen LogP contribution in [0.25, 0.3) is 0 Å². The van der Waals surface area contributed by atoms with Gasteiger partial charge in [-0.2, -0.15) is 0 Å². The average Bonchev–Trinajstić information content (AvgIpc) is 2.93. The van der Waals surface area contributed by atoms with Crippen LogP contribution in [0.1, 0.15) is 52.2 Å². The molecule has 0 saturated carbocycles. The van der Waals surface area contributed by atoms with Gasteiger partial charge in [-0.25, -0.2) is 9.59 Å². The number of esters is 1. The number of rotatable bonds is 10. The molecule has 2 aromatic carbocycles. The first-order valence-electron chi connectivity index (χ1n) is 13.9. The smallest absolute Gasteiger partial charge is 0.408 e. The summed E-state index contributed by atoms with van der Waals surface area (Å²) < 4.78 is 20.8. The number of nitrogens with one attached hydrogen (secondary N) is 2. The minimum atomic E-state index is -0.920. The Balaban J connectivity index is 1.93. The van der Waals surface area contributed by atoms with E-state index in [0.29, 0.717) is 23.6 Å². The number of methoxy groups -OCH3 is 2. The molecular weight excluding hydrogens is 542 g/mol. The third kappa shape index (κ3) is 9.12. The van der Waals surface area contributed by atoms with Crippen molar-refractivity contribution in [2.45, 2.75) is 71.7 Å². The summed E-state index contributed by atoms with van der Waals surface area (Å²) in [7, 11) is 2.83. The lowest BCUT2D eigenvalue weighted by atomic mass is 9.91. The van der Waals surface area contributed by atoms with Crippen molar-refractivity contribution in [3.05, 3.63) is 53.6 Å². The number of alkyl carbamates (subject to hydrolysis) is 1. The molecule has 1 aliphatic heterocycles. The number of benzene rings is 2. The van der Waals surface area contributed by atoms with Crippen LogP contribution in [0.15, 0.2) is 42.5 Å². The Hall–Kier alpha value is -4.28. The van der Waals surface area contributed by atoms with Crippen molar-refractivity contribution in [2.24, 2.45) is 5.92 Å². The molecule has 2 N–H and O–H groups in total. The quantitative estimate of drug-likeness (QED) is 0.400. The highest BCUT2D eigenvalue weighted by Gasteiger charge is 2.39. The fourth-order valence-electron chi connectivity index (χ4n) is 4.56. The maximum Gasteiger partial charge on any atom is 0.408 e. The number of ether oxygens (including phenoxy) is 4. The number of carbonyl (C=O) groups is 4. The molecule has 0 radical (unpaired) electrons. The monoisotopic (exact) mass is 583 g/mol. The number of hydrogen-bond donors (Lipinski definition) is 2. The molecule has 0 fully saturated rings. The van der Waals surface area contributed by atoms with Gasteiger partial charge in [-0.15, -0.1) is 0 Å². The minimum absolute atomic E-state index is 0.0656. The average molecular weight is 584 g/mol. The Morgan fingerprint density at radius 1 is 0.976 bits per heavy atom. The number of anilines is 1. The van der Waals surface area contributed by atoms with E-state index in [4.69, 9.17) is 14.2 Å². The Labute approximate surface area is 246 Å². The highest BCUT2D eigenvalue weighted by molar-refractivity contribution is 5.99. The summed E-state index contributed by atoms with van der Waals surface area (Å²) in [5, 5.41) is 5.63. The molecule has 2 aromatic rings. The van der Waals surface area contributed by atoms with Gasteiger partial charge in [0.1, 0.15) is 29.2 Å². The van der Waals surface area contributed by atoms with Gasteiger partial charge in [-0.05, 0) is 80.6 Å². The lowest BCUT2D eigenvalue weighted by molar-refractivity contribution is -0.143. The summed E-state index contributed by atoms with van der Waals surface area (Å²) in [5.41, 5.74) is 1.43. The number of hydrogen-bond acceptors (Lipinski definition) is 8. The van der Waals surface area contributed by atoms with Crippen LogP contribution < -0.4 is 20.1 Å². The first kappa shape index (κ1) is 32.2. The summed E-state index contributed by atoms with van der Waals surface area (Å²) in [6.07, 6.45) is -0.130. The summed E-state index contributed by atoms with van der Waals surface area (Å²) in [6, 6.07) is 10.4. The molecule has 0 unspecified atom stereocenters. The Morgan fingerprint density at radius 2 is 1.64 bits per heavy atom.